The third kappa shape index (κ3) is 0.992. The Kier molecular flexibility index (Phi) is 1.51. The van der Waals surface area contributed by atoms with Gasteiger partial charge in [-0.2, -0.15) is 0 Å². The summed E-state index contributed by atoms with van der Waals surface area (Å²) < 4.78 is 4.78. The van der Waals surface area contributed by atoms with E-state index in [4.69, 9.17) is 4.74 Å². The second kappa shape index (κ2) is 2.35. The molecule has 0 aromatic rings. The molecular weight excluding hydrogens is 104 g/mol. The maximum Gasteiger partial charge on any atom is 0.289 e. The molecule has 1 heterocycles. The Hall–Kier alpha value is -0.990. The predicted octanol–water partition coefficient (Wildman–Crippen LogP) is 0.106. The average molecular weight is 112 g/mol. The number of ether oxygens (including phenoxy) is 1. The van der Waals surface area contributed by atoms with Gasteiger partial charge in [0.25, 0.3) is 6.02 Å². The van der Waals surface area contributed by atoms with Gasteiger partial charge in [0.05, 0.1) is 7.11 Å². The van der Waals surface area contributed by atoms with Gasteiger partial charge in [0.15, 0.2) is 0 Å². The SMILES string of the molecule is COC1=NC=CCN1. The van der Waals surface area contributed by atoms with E-state index in [2.05, 4.69) is 10.3 Å². The molecule has 0 bridgehead atoms. The molecule has 0 spiro atoms. The Morgan fingerprint density at radius 2 is 2.75 bits per heavy atom. The van der Waals surface area contributed by atoms with E-state index >= 15 is 0 Å². The van der Waals surface area contributed by atoms with Crippen molar-refractivity contribution in [3.8, 4) is 0 Å². The fraction of sp³-hybridized carbons (Fsp3) is 0.400. The number of hydrogen-bond acceptors (Lipinski definition) is 3. The smallest absolute Gasteiger partial charge is 0.289 e. The highest BCUT2D eigenvalue weighted by Crippen LogP contribution is 1.84. The number of nitrogens with one attached hydrogen (secondary N) is 1. The van der Waals surface area contributed by atoms with Crippen molar-refractivity contribution in [1.82, 2.24) is 5.32 Å². The molecule has 0 saturated carbocycles. The van der Waals surface area contributed by atoms with Crippen LogP contribution in [-0.4, -0.2) is 19.7 Å². The Balaban J connectivity index is 2.50. The van der Waals surface area contributed by atoms with E-state index in [0.717, 1.165) is 6.54 Å². The summed E-state index contributed by atoms with van der Waals surface area (Å²) in [6.07, 6.45) is 3.64. The largest absolute Gasteiger partial charge is 0.468 e. The van der Waals surface area contributed by atoms with Gasteiger partial charge >= 0.3 is 0 Å². The van der Waals surface area contributed by atoms with Gasteiger partial charge in [-0.1, -0.05) is 0 Å². The summed E-state index contributed by atoms with van der Waals surface area (Å²) in [5, 5.41) is 2.91. The molecule has 1 N–H and O–H groups in total. The molecule has 3 nitrogen and oxygen atoms in total. The van der Waals surface area contributed by atoms with Crippen molar-refractivity contribution in [3.63, 3.8) is 0 Å². The number of nitrogens with zero attached hydrogens (tertiary/aromatic N) is 1. The minimum Gasteiger partial charge on any atom is -0.468 e. The Bertz CT molecular complexity index is 128. The normalized spacial score (nSPS) is 16.9. The number of hydrogen-bond donors (Lipinski definition) is 1. The van der Waals surface area contributed by atoms with Gasteiger partial charge in [0.1, 0.15) is 0 Å². The maximum atomic E-state index is 4.78. The van der Waals surface area contributed by atoms with Gasteiger partial charge < -0.3 is 10.1 Å². The van der Waals surface area contributed by atoms with Crippen molar-refractivity contribution in [2.75, 3.05) is 13.7 Å². The van der Waals surface area contributed by atoms with E-state index in [1.165, 1.54) is 0 Å². The molecule has 0 atom stereocenters. The monoisotopic (exact) mass is 112 g/mol. The third-order valence-corrected chi connectivity index (χ3v) is 0.862. The highest BCUT2D eigenvalue weighted by molar-refractivity contribution is 5.74. The van der Waals surface area contributed by atoms with E-state index in [9.17, 15) is 0 Å². The van der Waals surface area contributed by atoms with Gasteiger partial charge in [0.2, 0.25) is 0 Å². The number of rotatable bonds is 0. The summed E-state index contributed by atoms with van der Waals surface area (Å²) in [5.41, 5.74) is 0. The van der Waals surface area contributed by atoms with Crippen LogP contribution < -0.4 is 5.32 Å². The van der Waals surface area contributed by atoms with E-state index in [1.54, 1.807) is 13.3 Å². The number of methoxy groups -OCH3 is 1. The molecule has 8 heavy (non-hydrogen) atoms. The molecule has 3 heteroatoms. The minimum absolute atomic E-state index is 0.590. The van der Waals surface area contributed by atoms with Crippen molar-refractivity contribution >= 4 is 6.02 Å². The van der Waals surface area contributed by atoms with Crippen LogP contribution in [0.5, 0.6) is 0 Å². The second-order valence-electron chi connectivity index (χ2n) is 1.40. The summed E-state index contributed by atoms with van der Waals surface area (Å²) in [5.74, 6) is 0. The van der Waals surface area contributed by atoms with Crippen LogP contribution in [-0.2, 0) is 4.74 Å². The molecule has 1 aliphatic heterocycles. The average Bonchev–Trinajstić information content (AvgIpc) is 1.90. The highest BCUT2D eigenvalue weighted by atomic mass is 16.5. The van der Waals surface area contributed by atoms with Gasteiger partial charge in [-0.3, -0.25) is 0 Å². The van der Waals surface area contributed by atoms with Gasteiger partial charge in [-0.15, -0.1) is 0 Å². The maximum absolute atomic E-state index is 4.78. The fourth-order valence-corrected chi connectivity index (χ4v) is 0.490. The van der Waals surface area contributed by atoms with E-state index in [1.807, 2.05) is 6.08 Å². The molecular formula is C5H8N2O. The topological polar surface area (TPSA) is 33.6 Å². The Morgan fingerprint density at radius 3 is 3.12 bits per heavy atom. The van der Waals surface area contributed by atoms with E-state index in [0.29, 0.717) is 6.02 Å². The lowest BCUT2D eigenvalue weighted by Crippen LogP contribution is -2.26. The van der Waals surface area contributed by atoms with Crippen LogP contribution in [0.3, 0.4) is 0 Å². The molecule has 1 aliphatic rings. The molecule has 0 saturated heterocycles. The minimum atomic E-state index is 0.590. The first kappa shape index (κ1) is 5.15. The lowest BCUT2D eigenvalue weighted by Gasteiger charge is -2.06. The van der Waals surface area contributed by atoms with Crippen LogP contribution in [0, 0.1) is 0 Å². The van der Waals surface area contributed by atoms with Crippen molar-refractivity contribution in [3.05, 3.63) is 12.3 Å². The van der Waals surface area contributed by atoms with Crippen molar-refractivity contribution in [2.45, 2.75) is 0 Å². The Labute approximate surface area is 48.1 Å². The number of amidine groups is 1. The zero-order valence-corrected chi connectivity index (χ0v) is 4.72. The predicted molar refractivity (Wildman–Crippen MR) is 31.6 cm³/mol. The zero-order valence-electron chi connectivity index (χ0n) is 4.72. The lowest BCUT2D eigenvalue weighted by atomic mass is 10.5. The quantitative estimate of drug-likeness (QED) is 0.482. The zero-order chi connectivity index (χ0) is 5.82. The Morgan fingerprint density at radius 1 is 1.88 bits per heavy atom. The van der Waals surface area contributed by atoms with Crippen LogP contribution in [0.25, 0.3) is 0 Å². The van der Waals surface area contributed by atoms with Crippen molar-refractivity contribution in [2.24, 2.45) is 4.99 Å². The molecule has 44 valence electrons. The molecule has 0 unspecified atom stereocenters. The summed E-state index contributed by atoms with van der Waals surface area (Å²) in [7, 11) is 1.59. The van der Waals surface area contributed by atoms with Crippen molar-refractivity contribution < 1.29 is 4.74 Å². The molecule has 0 aromatic carbocycles. The molecule has 0 aliphatic carbocycles. The third-order valence-electron chi connectivity index (χ3n) is 0.862. The first-order valence-corrected chi connectivity index (χ1v) is 2.44. The first-order chi connectivity index (χ1) is 3.93. The second-order valence-corrected chi connectivity index (χ2v) is 1.40. The van der Waals surface area contributed by atoms with Crippen LogP contribution in [0.15, 0.2) is 17.3 Å². The lowest BCUT2D eigenvalue weighted by molar-refractivity contribution is 0.381. The van der Waals surface area contributed by atoms with Gasteiger partial charge in [-0.25, -0.2) is 4.99 Å². The van der Waals surface area contributed by atoms with Crippen LogP contribution >= 0.6 is 0 Å². The van der Waals surface area contributed by atoms with Crippen molar-refractivity contribution in [1.29, 1.82) is 0 Å². The molecule has 1 rings (SSSR count). The molecule has 0 fully saturated rings. The van der Waals surface area contributed by atoms with E-state index in [-0.39, 0.29) is 0 Å². The fourth-order valence-electron chi connectivity index (χ4n) is 0.490. The van der Waals surface area contributed by atoms with Crippen LogP contribution in [0.4, 0.5) is 0 Å². The van der Waals surface area contributed by atoms with Crippen LogP contribution in [0.2, 0.25) is 0 Å². The van der Waals surface area contributed by atoms with Gasteiger partial charge in [-0.05, 0) is 6.08 Å². The van der Waals surface area contributed by atoms with Crippen LogP contribution in [0.1, 0.15) is 0 Å². The molecule has 0 radical (unpaired) electrons. The summed E-state index contributed by atoms with van der Waals surface area (Å²) >= 11 is 0. The first-order valence-electron chi connectivity index (χ1n) is 2.44. The summed E-state index contributed by atoms with van der Waals surface area (Å²) in [6.45, 7) is 0.812. The summed E-state index contributed by atoms with van der Waals surface area (Å²) in [6, 6.07) is 0.590. The summed E-state index contributed by atoms with van der Waals surface area (Å²) in [4.78, 5) is 3.85. The standard InChI is InChI=1S/C5H8N2O/c1-8-5-6-3-2-4-7-5/h2-3H,4H2,1H3,(H,6,7). The molecule has 0 amide bonds. The number of aliphatic imine (C=N–C) groups is 1. The van der Waals surface area contributed by atoms with E-state index < -0.39 is 0 Å². The molecule has 0 aromatic heterocycles. The van der Waals surface area contributed by atoms with Gasteiger partial charge in [0, 0.05) is 12.7 Å². The highest BCUT2D eigenvalue weighted by Gasteiger charge is 1.94.